The predicted octanol–water partition coefficient (Wildman–Crippen LogP) is 2.85. The average Bonchev–Trinajstić information content (AvgIpc) is 2.83. The van der Waals surface area contributed by atoms with Crippen molar-refractivity contribution in [3.63, 3.8) is 0 Å². The highest BCUT2D eigenvalue weighted by Gasteiger charge is 2.21. The first-order valence-electron chi connectivity index (χ1n) is 10.8. The van der Waals surface area contributed by atoms with Gasteiger partial charge in [-0.3, -0.25) is 4.90 Å². The van der Waals surface area contributed by atoms with Gasteiger partial charge >= 0.3 is 17.9 Å². The van der Waals surface area contributed by atoms with E-state index in [9.17, 15) is 14.4 Å². The fraction of sp³-hybridized carbons (Fsp3) is 0.320. The Morgan fingerprint density at radius 2 is 1.68 bits per heavy atom. The Balaban J connectivity index is 0.000000440. The monoisotopic (exact) mass is 471 g/mol. The van der Waals surface area contributed by atoms with Crippen molar-refractivity contribution in [2.75, 3.05) is 32.9 Å². The van der Waals surface area contributed by atoms with Crippen LogP contribution in [0.25, 0.3) is 0 Å². The molecule has 3 rings (SSSR count). The first-order chi connectivity index (χ1) is 16.4. The predicted molar refractivity (Wildman–Crippen MR) is 124 cm³/mol. The Kier molecular flexibility index (Phi) is 11.3. The molecule has 2 N–H and O–H groups in total. The fourth-order valence-electron chi connectivity index (χ4n) is 3.10. The third-order valence-electron chi connectivity index (χ3n) is 4.64. The molecule has 1 heterocycles. The Labute approximate surface area is 198 Å². The number of morpholine rings is 1. The number of carboxylic acid groups (broad SMARTS) is 2. The van der Waals surface area contributed by atoms with Gasteiger partial charge in [0.2, 0.25) is 0 Å². The van der Waals surface area contributed by atoms with Gasteiger partial charge in [0.1, 0.15) is 18.5 Å². The van der Waals surface area contributed by atoms with Crippen molar-refractivity contribution in [2.24, 2.45) is 0 Å². The molecule has 0 spiro atoms. The van der Waals surface area contributed by atoms with Gasteiger partial charge in [0.25, 0.3) is 0 Å². The molecular weight excluding hydrogens is 442 g/mol. The Morgan fingerprint density at radius 3 is 2.26 bits per heavy atom. The summed E-state index contributed by atoms with van der Waals surface area (Å²) < 4.78 is 16.6. The highest BCUT2D eigenvalue weighted by Crippen LogP contribution is 2.16. The SMILES string of the molecule is CCOC(=O)c1ccc(OCC2CN(Cc3ccccc3)CCO2)cc1.O=C(O)/C=C/C(=O)O. The topological polar surface area (TPSA) is 123 Å². The number of esters is 1. The van der Waals surface area contributed by atoms with Gasteiger partial charge < -0.3 is 24.4 Å². The number of carbonyl (C=O) groups excluding carboxylic acids is 1. The summed E-state index contributed by atoms with van der Waals surface area (Å²) in [7, 11) is 0. The van der Waals surface area contributed by atoms with Crippen LogP contribution < -0.4 is 4.74 Å². The number of nitrogens with zero attached hydrogens (tertiary/aromatic N) is 1. The number of hydrogen-bond donors (Lipinski definition) is 2. The molecule has 182 valence electrons. The molecule has 1 aliphatic rings. The van der Waals surface area contributed by atoms with Crippen LogP contribution in [0.3, 0.4) is 0 Å². The van der Waals surface area contributed by atoms with Crippen LogP contribution in [0.2, 0.25) is 0 Å². The maximum Gasteiger partial charge on any atom is 0.338 e. The van der Waals surface area contributed by atoms with E-state index >= 15 is 0 Å². The van der Waals surface area contributed by atoms with Gasteiger partial charge in [-0.05, 0) is 36.8 Å². The molecule has 0 aliphatic carbocycles. The lowest BCUT2D eigenvalue weighted by Crippen LogP contribution is -2.44. The van der Waals surface area contributed by atoms with Crippen molar-refractivity contribution < 1.29 is 38.8 Å². The third kappa shape index (κ3) is 10.3. The summed E-state index contributed by atoms with van der Waals surface area (Å²) >= 11 is 0. The van der Waals surface area contributed by atoms with Crippen molar-refractivity contribution in [1.29, 1.82) is 0 Å². The normalized spacial score (nSPS) is 15.7. The maximum absolute atomic E-state index is 11.7. The first kappa shape index (κ1) is 26.6. The van der Waals surface area contributed by atoms with E-state index in [1.807, 2.05) is 6.07 Å². The number of hydrogen-bond acceptors (Lipinski definition) is 7. The highest BCUT2D eigenvalue weighted by molar-refractivity contribution is 5.90. The van der Waals surface area contributed by atoms with E-state index in [-0.39, 0.29) is 12.1 Å². The van der Waals surface area contributed by atoms with Gasteiger partial charge in [0, 0.05) is 31.8 Å². The quantitative estimate of drug-likeness (QED) is 0.420. The standard InChI is InChI=1S/C21H25NO4.C4H4O4/c1-2-24-21(23)18-8-10-19(11-9-18)26-16-20-15-22(12-13-25-20)14-17-6-4-3-5-7-17;5-3(6)1-2-4(7)8/h3-11,20H,2,12-16H2,1H3;1-2H,(H,5,6)(H,7,8)/b;2-1+. The molecule has 2 aromatic carbocycles. The highest BCUT2D eigenvalue weighted by atomic mass is 16.5. The molecule has 1 saturated heterocycles. The minimum Gasteiger partial charge on any atom is -0.491 e. The molecule has 0 radical (unpaired) electrons. The van der Waals surface area contributed by atoms with Crippen molar-refractivity contribution in [3.05, 3.63) is 77.9 Å². The van der Waals surface area contributed by atoms with Crippen LogP contribution >= 0.6 is 0 Å². The van der Waals surface area contributed by atoms with Crippen LogP contribution in [-0.2, 0) is 25.6 Å². The molecule has 1 unspecified atom stereocenters. The second kappa shape index (κ2) is 14.5. The minimum atomic E-state index is -1.26. The summed E-state index contributed by atoms with van der Waals surface area (Å²) in [6.45, 7) is 6.06. The molecule has 9 nitrogen and oxygen atoms in total. The number of carbonyl (C=O) groups is 3. The lowest BCUT2D eigenvalue weighted by atomic mass is 10.2. The number of aliphatic carboxylic acids is 2. The van der Waals surface area contributed by atoms with Crippen LogP contribution in [0, 0.1) is 0 Å². The molecule has 9 heteroatoms. The molecular formula is C25H29NO8. The largest absolute Gasteiger partial charge is 0.491 e. The summed E-state index contributed by atoms with van der Waals surface area (Å²) in [6, 6.07) is 17.5. The summed E-state index contributed by atoms with van der Waals surface area (Å²) in [5.74, 6) is -2.10. The second-order valence-electron chi connectivity index (χ2n) is 7.28. The van der Waals surface area contributed by atoms with Crippen molar-refractivity contribution >= 4 is 17.9 Å². The molecule has 0 aromatic heterocycles. The van der Waals surface area contributed by atoms with Gasteiger partial charge in [0.05, 0.1) is 18.8 Å². The van der Waals surface area contributed by atoms with E-state index in [0.717, 1.165) is 25.4 Å². The molecule has 1 aliphatic heterocycles. The maximum atomic E-state index is 11.7. The number of rotatable bonds is 9. The number of benzene rings is 2. The Morgan fingerprint density at radius 1 is 1.03 bits per heavy atom. The summed E-state index contributed by atoms with van der Waals surface area (Å²) in [5, 5.41) is 15.6. The van der Waals surface area contributed by atoms with Gasteiger partial charge in [-0.1, -0.05) is 30.3 Å². The summed E-state index contributed by atoms with van der Waals surface area (Å²) in [6.07, 6.45) is 1.15. The van der Waals surface area contributed by atoms with E-state index in [2.05, 4.69) is 29.2 Å². The lowest BCUT2D eigenvalue weighted by Gasteiger charge is -2.32. The van der Waals surface area contributed by atoms with Gasteiger partial charge in [0.15, 0.2) is 0 Å². The molecule has 0 amide bonds. The van der Waals surface area contributed by atoms with E-state index in [0.29, 0.717) is 37.5 Å². The average molecular weight is 472 g/mol. The Bertz CT molecular complexity index is 927. The van der Waals surface area contributed by atoms with Crippen molar-refractivity contribution in [3.8, 4) is 5.75 Å². The molecule has 2 aromatic rings. The zero-order valence-corrected chi connectivity index (χ0v) is 19.0. The first-order valence-corrected chi connectivity index (χ1v) is 10.8. The van der Waals surface area contributed by atoms with E-state index in [1.54, 1.807) is 31.2 Å². The zero-order chi connectivity index (χ0) is 24.8. The van der Waals surface area contributed by atoms with Gasteiger partial charge in [-0.2, -0.15) is 0 Å². The van der Waals surface area contributed by atoms with Crippen LogP contribution in [0.1, 0.15) is 22.8 Å². The fourth-order valence-corrected chi connectivity index (χ4v) is 3.10. The molecule has 1 fully saturated rings. The zero-order valence-electron chi connectivity index (χ0n) is 19.0. The molecule has 0 bridgehead atoms. The van der Waals surface area contributed by atoms with Gasteiger partial charge in [-0.15, -0.1) is 0 Å². The van der Waals surface area contributed by atoms with Crippen molar-refractivity contribution in [1.82, 2.24) is 4.90 Å². The molecule has 1 atom stereocenters. The van der Waals surface area contributed by atoms with Gasteiger partial charge in [-0.25, -0.2) is 14.4 Å². The second-order valence-corrected chi connectivity index (χ2v) is 7.28. The summed E-state index contributed by atoms with van der Waals surface area (Å²) in [5.41, 5.74) is 1.84. The minimum absolute atomic E-state index is 0.0391. The van der Waals surface area contributed by atoms with Crippen LogP contribution in [-0.4, -0.2) is 72.0 Å². The van der Waals surface area contributed by atoms with Crippen LogP contribution in [0.5, 0.6) is 5.75 Å². The molecule has 0 saturated carbocycles. The van der Waals surface area contributed by atoms with E-state index < -0.39 is 11.9 Å². The van der Waals surface area contributed by atoms with Crippen molar-refractivity contribution in [2.45, 2.75) is 19.6 Å². The molecule has 34 heavy (non-hydrogen) atoms. The lowest BCUT2D eigenvalue weighted by molar-refractivity contribution is -0.134. The van der Waals surface area contributed by atoms with E-state index in [4.69, 9.17) is 24.4 Å². The number of ether oxygens (including phenoxy) is 3. The Hall–Kier alpha value is -3.69. The van der Waals surface area contributed by atoms with E-state index in [1.165, 1.54) is 5.56 Å². The number of carboxylic acids is 2. The van der Waals surface area contributed by atoms with Crippen LogP contribution in [0.4, 0.5) is 0 Å². The summed E-state index contributed by atoms with van der Waals surface area (Å²) in [4.78, 5) is 33.2. The van der Waals surface area contributed by atoms with Crippen LogP contribution in [0.15, 0.2) is 66.7 Å². The smallest absolute Gasteiger partial charge is 0.338 e. The third-order valence-corrected chi connectivity index (χ3v) is 4.64.